The molecule has 0 radical (unpaired) electrons. The van der Waals surface area contributed by atoms with Gasteiger partial charge in [0, 0.05) is 25.7 Å². The third-order valence-corrected chi connectivity index (χ3v) is 19.8. The van der Waals surface area contributed by atoms with Crippen LogP contribution in [0.2, 0.25) is 0 Å². The Morgan fingerprint density at radius 1 is 0.304 bits per heavy atom. The molecule has 0 fully saturated rings. The Balaban J connectivity index is 5.23. The molecule has 19 heteroatoms. The first-order valence-electron chi connectivity index (χ1n) is 37.8. The highest BCUT2D eigenvalue weighted by Gasteiger charge is 2.30. The van der Waals surface area contributed by atoms with E-state index >= 15 is 0 Å². The zero-order valence-electron chi connectivity index (χ0n) is 60.2. The molecule has 546 valence electrons. The van der Waals surface area contributed by atoms with E-state index in [1.165, 1.54) is 154 Å². The molecule has 8 atom stereocenters. The third kappa shape index (κ3) is 62.8. The molecule has 0 aliphatic rings. The summed E-state index contributed by atoms with van der Waals surface area (Å²) >= 11 is 0. The monoisotopic (exact) mass is 1350 g/mol. The fourth-order valence-electron chi connectivity index (χ4n) is 10.9. The normalized spacial score (nSPS) is 15.1. The van der Waals surface area contributed by atoms with Crippen molar-refractivity contribution in [3.8, 4) is 0 Å². The average molecular weight is 1350 g/mol. The molecule has 0 aliphatic heterocycles. The number of unbranched alkanes of at least 4 members (excludes halogenated alkanes) is 33. The number of carbonyl (C=O) groups is 4. The van der Waals surface area contributed by atoms with Crippen LogP contribution in [0.1, 0.15) is 364 Å². The van der Waals surface area contributed by atoms with Crippen molar-refractivity contribution < 1.29 is 80.2 Å². The van der Waals surface area contributed by atoms with Gasteiger partial charge in [0.05, 0.1) is 26.4 Å². The molecule has 17 nitrogen and oxygen atoms in total. The summed E-state index contributed by atoms with van der Waals surface area (Å²) in [5.41, 5.74) is 0. The highest BCUT2D eigenvalue weighted by atomic mass is 31.2. The predicted molar refractivity (Wildman–Crippen MR) is 372 cm³/mol. The Morgan fingerprint density at radius 3 is 0.772 bits per heavy atom. The van der Waals surface area contributed by atoms with Crippen LogP contribution in [0, 0.1) is 23.7 Å². The van der Waals surface area contributed by atoms with Crippen molar-refractivity contribution >= 4 is 39.5 Å². The van der Waals surface area contributed by atoms with E-state index in [0.29, 0.717) is 25.7 Å². The molecule has 0 aromatic carbocycles. The van der Waals surface area contributed by atoms with Crippen LogP contribution in [0.4, 0.5) is 0 Å². The number of aliphatic hydroxyl groups excluding tert-OH is 1. The van der Waals surface area contributed by atoms with Gasteiger partial charge in [-0.1, -0.05) is 312 Å². The van der Waals surface area contributed by atoms with E-state index in [1.807, 2.05) is 0 Å². The molecule has 0 spiro atoms. The number of hydrogen-bond acceptors (Lipinski definition) is 15. The fourth-order valence-corrected chi connectivity index (χ4v) is 12.5. The van der Waals surface area contributed by atoms with Gasteiger partial charge in [0.25, 0.3) is 0 Å². The second-order valence-corrected chi connectivity index (χ2v) is 30.4. The average Bonchev–Trinajstić information content (AvgIpc) is 2.32. The molecule has 3 N–H and O–H groups in total. The van der Waals surface area contributed by atoms with Crippen LogP contribution in [-0.4, -0.2) is 96.7 Å². The van der Waals surface area contributed by atoms with Gasteiger partial charge in [0.15, 0.2) is 12.2 Å². The Hall–Kier alpha value is -1.94. The lowest BCUT2D eigenvalue weighted by atomic mass is 9.99. The zero-order chi connectivity index (χ0) is 68.2. The number of esters is 4. The smallest absolute Gasteiger partial charge is 0.462 e. The second-order valence-electron chi connectivity index (χ2n) is 27.5. The van der Waals surface area contributed by atoms with Crippen LogP contribution in [0.25, 0.3) is 0 Å². The van der Waals surface area contributed by atoms with Crippen LogP contribution >= 0.6 is 15.6 Å². The number of rotatable bonds is 70. The molecule has 0 aromatic heterocycles. The maximum Gasteiger partial charge on any atom is 0.472 e. The predicted octanol–water partition coefficient (Wildman–Crippen LogP) is 20.9. The van der Waals surface area contributed by atoms with Crippen LogP contribution < -0.4 is 0 Å². The van der Waals surface area contributed by atoms with E-state index in [0.717, 1.165) is 126 Å². The summed E-state index contributed by atoms with van der Waals surface area (Å²) in [7, 11) is -9.91. The van der Waals surface area contributed by atoms with Crippen molar-refractivity contribution in [3.05, 3.63) is 0 Å². The van der Waals surface area contributed by atoms with Gasteiger partial charge in [-0.05, 0) is 49.4 Å². The van der Waals surface area contributed by atoms with E-state index in [-0.39, 0.29) is 25.7 Å². The Kier molecular flexibility index (Phi) is 61.3. The first kappa shape index (κ1) is 90.1. The lowest BCUT2D eigenvalue weighted by Gasteiger charge is -2.21. The summed E-state index contributed by atoms with van der Waals surface area (Å²) in [6, 6.07) is 0. The molecule has 0 saturated carbocycles. The quantitative estimate of drug-likeness (QED) is 0.0222. The van der Waals surface area contributed by atoms with Gasteiger partial charge in [-0.3, -0.25) is 37.3 Å². The molecule has 0 rings (SSSR count). The molecular formula is C73H142O17P2. The third-order valence-electron chi connectivity index (χ3n) is 17.9. The molecule has 0 aromatic rings. The standard InChI is InChI=1S/C73H142O17P2/c1-9-64(6)50-42-34-26-22-18-14-12-13-15-19-23-27-39-47-55-72(77)89-68(59-83-70(75)53-45-37-31-29-35-43-51-65(7)10-2)61-87-91(79,80)85-57-67(74)58-86-92(81,82)88-62-69(60-84-71(76)54-46-38-32-30-36-44-52-66(8)11-3)90-73(78)56-48-40-28-24-20-16-17-21-25-33-41-49-63(4)5/h63-69,74H,9-62H2,1-8H3,(H,79,80)(H,81,82)/t64?,65?,66?,67-,68+,69+/m0/s1. The van der Waals surface area contributed by atoms with E-state index in [1.54, 1.807) is 0 Å². The summed E-state index contributed by atoms with van der Waals surface area (Å²) in [4.78, 5) is 72.7. The van der Waals surface area contributed by atoms with Crippen LogP contribution in [-0.2, 0) is 65.4 Å². The number of hydrogen-bond donors (Lipinski definition) is 3. The van der Waals surface area contributed by atoms with Gasteiger partial charge >= 0.3 is 39.5 Å². The van der Waals surface area contributed by atoms with Crippen molar-refractivity contribution in [2.75, 3.05) is 39.6 Å². The van der Waals surface area contributed by atoms with Gasteiger partial charge in [-0.2, -0.15) is 0 Å². The minimum Gasteiger partial charge on any atom is -0.462 e. The SMILES string of the molecule is CCC(C)CCCCCCCCCCCCCCCCC(=O)O[C@H](COC(=O)CCCCCCCCC(C)CC)COP(=O)(O)OC[C@H](O)COP(=O)(O)OC[C@@H](COC(=O)CCCCCCCCC(C)CC)OC(=O)CCCCCCCCCCCCCC(C)C. The number of aliphatic hydroxyl groups is 1. The number of phosphoric ester groups is 2. The van der Waals surface area contributed by atoms with Crippen molar-refractivity contribution in [2.24, 2.45) is 23.7 Å². The van der Waals surface area contributed by atoms with E-state index < -0.39 is 97.5 Å². The van der Waals surface area contributed by atoms with Crippen molar-refractivity contribution in [2.45, 2.75) is 382 Å². The topological polar surface area (TPSA) is 237 Å². The second kappa shape index (κ2) is 62.6. The summed E-state index contributed by atoms with van der Waals surface area (Å²) in [5.74, 6) is 0.946. The van der Waals surface area contributed by atoms with Crippen molar-refractivity contribution in [1.29, 1.82) is 0 Å². The Labute approximate surface area is 562 Å². The molecule has 0 aliphatic carbocycles. The summed E-state index contributed by atoms with van der Waals surface area (Å²) < 4.78 is 68.4. The molecule has 5 unspecified atom stereocenters. The first-order valence-corrected chi connectivity index (χ1v) is 40.8. The minimum absolute atomic E-state index is 0.105. The van der Waals surface area contributed by atoms with Crippen molar-refractivity contribution in [3.63, 3.8) is 0 Å². The summed E-state index contributed by atoms with van der Waals surface area (Å²) in [5, 5.41) is 10.6. The molecule has 0 bridgehead atoms. The summed E-state index contributed by atoms with van der Waals surface area (Å²) in [6.07, 6.45) is 45.8. The van der Waals surface area contributed by atoms with Crippen LogP contribution in [0.15, 0.2) is 0 Å². The number of carbonyl (C=O) groups excluding carboxylic acids is 4. The maximum atomic E-state index is 13.0. The van der Waals surface area contributed by atoms with Crippen LogP contribution in [0.5, 0.6) is 0 Å². The van der Waals surface area contributed by atoms with E-state index in [4.69, 9.17) is 37.0 Å². The highest BCUT2D eigenvalue weighted by Crippen LogP contribution is 2.45. The number of ether oxygens (including phenoxy) is 4. The largest absolute Gasteiger partial charge is 0.472 e. The van der Waals surface area contributed by atoms with Crippen molar-refractivity contribution in [1.82, 2.24) is 0 Å². The summed E-state index contributed by atoms with van der Waals surface area (Å²) in [6.45, 7) is 14.1. The van der Waals surface area contributed by atoms with Gasteiger partial charge in [-0.15, -0.1) is 0 Å². The molecule has 0 saturated heterocycles. The Morgan fingerprint density at radius 2 is 0.522 bits per heavy atom. The number of phosphoric acid groups is 2. The molecule has 92 heavy (non-hydrogen) atoms. The molecular weight excluding hydrogens is 1210 g/mol. The van der Waals surface area contributed by atoms with Gasteiger partial charge < -0.3 is 33.8 Å². The van der Waals surface area contributed by atoms with Gasteiger partial charge in [0.1, 0.15) is 19.3 Å². The molecule has 0 heterocycles. The van der Waals surface area contributed by atoms with Crippen LogP contribution in [0.3, 0.4) is 0 Å². The first-order chi connectivity index (χ1) is 44.2. The van der Waals surface area contributed by atoms with E-state index in [9.17, 15) is 43.2 Å². The maximum absolute atomic E-state index is 13.0. The van der Waals surface area contributed by atoms with Gasteiger partial charge in [0.2, 0.25) is 0 Å². The fraction of sp³-hybridized carbons (Fsp3) is 0.945. The lowest BCUT2D eigenvalue weighted by Crippen LogP contribution is -2.30. The van der Waals surface area contributed by atoms with E-state index in [2.05, 4.69) is 55.4 Å². The lowest BCUT2D eigenvalue weighted by molar-refractivity contribution is -0.161. The van der Waals surface area contributed by atoms with Gasteiger partial charge in [-0.25, -0.2) is 9.13 Å². The Bertz CT molecular complexity index is 1820. The molecule has 0 amide bonds. The minimum atomic E-state index is -4.95. The zero-order valence-corrected chi connectivity index (χ0v) is 62.0. The highest BCUT2D eigenvalue weighted by molar-refractivity contribution is 7.47.